The molecule has 1 atom stereocenters. The molecule has 1 fully saturated rings. The summed E-state index contributed by atoms with van der Waals surface area (Å²) in [6.07, 6.45) is 2.33. The molecule has 144 valence electrons. The van der Waals surface area contributed by atoms with Gasteiger partial charge in [0.2, 0.25) is 0 Å². The van der Waals surface area contributed by atoms with Crippen molar-refractivity contribution in [3.63, 3.8) is 0 Å². The molecule has 2 heterocycles. The summed E-state index contributed by atoms with van der Waals surface area (Å²) in [4.78, 5) is 26.0. The van der Waals surface area contributed by atoms with Crippen molar-refractivity contribution in [2.24, 2.45) is 5.41 Å². The Balaban J connectivity index is 1.83. The largest absolute Gasteiger partial charge is 0.481 e. The molecule has 0 bridgehead atoms. The van der Waals surface area contributed by atoms with Crippen molar-refractivity contribution >= 4 is 21.7 Å². The van der Waals surface area contributed by atoms with Crippen molar-refractivity contribution in [3.8, 4) is 0 Å². The van der Waals surface area contributed by atoms with Crippen LogP contribution in [0, 0.1) is 5.41 Å². The van der Waals surface area contributed by atoms with Gasteiger partial charge in [-0.25, -0.2) is 8.42 Å². The Hall–Kier alpha value is -2.61. The molecule has 1 aliphatic rings. The number of carboxylic acid groups (broad SMARTS) is 1. The van der Waals surface area contributed by atoms with E-state index in [-0.39, 0.29) is 28.5 Å². The van der Waals surface area contributed by atoms with E-state index >= 15 is 0 Å². The van der Waals surface area contributed by atoms with E-state index in [9.17, 15) is 23.1 Å². The van der Waals surface area contributed by atoms with Crippen molar-refractivity contribution in [1.82, 2.24) is 4.90 Å². The lowest BCUT2D eigenvalue weighted by Crippen LogP contribution is -2.48. The van der Waals surface area contributed by atoms with E-state index in [2.05, 4.69) is 0 Å². The van der Waals surface area contributed by atoms with Crippen LogP contribution in [0.15, 0.2) is 52.0 Å². The molecule has 1 aliphatic heterocycles. The maximum absolute atomic E-state index is 12.9. The summed E-state index contributed by atoms with van der Waals surface area (Å²) in [5.41, 5.74) is -0.747. The van der Waals surface area contributed by atoms with Crippen LogP contribution < -0.4 is 0 Å². The van der Waals surface area contributed by atoms with Crippen LogP contribution in [-0.4, -0.2) is 43.4 Å². The summed E-state index contributed by atoms with van der Waals surface area (Å²) in [6.45, 7) is 2.08. The molecule has 27 heavy (non-hydrogen) atoms. The second kappa shape index (κ2) is 7.19. The second-order valence-corrected chi connectivity index (χ2v) is 9.03. The van der Waals surface area contributed by atoms with Gasteiger partial charge in [-0.3, -0.25) is 9.59 Å². The van der Waals surface area contributed by atoms with Crippen LogP contribution in [0.25, 0.3) is 0 Å². The predicted molar refractivity (Wildman–Crippen MR) is 96.9 cm³/mol. The fourth-order valence-electron chi connectivity index (χ4n) is 3.28. The van der Waals surface area contributed by atoms with Crippen LogP contribution in [-0.2, 0) is 20.4 Å². The Morgan fingerprint density at radius 3 is 2.59 bits per heavy atom. The molecular formula is C19H21NO6S. The number of rotatable bonds is 5. The third kappa shape index (κ3) is 3.90. The van der Waals surface area contributed by atoms with E-state index in [1.165, 1.54) is 29.4 Å². The summed E-state index contributed by atoms with van der Waals surface area (Å²) in [6, 6.07) is 9.46. The van der Waals surface area contributed by atoms with Gasteiger partial charge in [0.15, 0.2) is 15.6 Å². The van der Waals surface area contributed by atoms with E-state index in [0.717, 1.165) is 0 Å². The van der Waals surface area contributed by atoms with Gasteiger partial charge >= 0.3 is 5.97 Å². The molecule has 3 rings (SSSR count). The van der Waals surface area contributed by atoms with Crippen LogP contribution in [0.5, 0.6) is 0 Å². The molecule has 8 heteroatoms. The molecule has 1 N–H and O–H groups in total. The number of hydrogen-bond acceptors (Lipinski definition) is 5. The minimum Gasteiger partial charge on any atom is -0.481 e. The molecule has 1 amide bonds. The van der Waals surface area contributed by atoms with E-state index in [1.807, 2.05) is 0 Å². The first-order valence-corrected chi connectivity index (χ1v) is 10.2. The summed E-state index contributed by atoms with van der Waals surface area (Å²) in [5.74, 6) is -1.85. The van der Waals surface area contributed by atoms with E-state index in [0.29, 0.717) is 19.4 Å². The average molecular weight is 391 g/mol. The molecule has 1 saturated heterocycles. The molecule has 0 saturated carbocycles. The van der Waals surface area contributed by atoms with Gasteiger partial charge in [-0.1, -0.05) is 18.2 Å². The Morgan fingerprint density at radius 2 is 1.93 bits per heavy atom. The van der Waals surface area contributed by atoms with Crippen molar-refractivity contribution in [2.75, 3.05) is 13.1 Å². The Labute approximate surface area is 157 Å². The number of nitrogens with zero attached hydrogens (tertiary/aromatic N) is 1. The number of aliphatic carboxylic acids is 1. The molecule has 1 aromatic heterocycles. The summed E-state index contributed by atoms with van der Waals surface area (Å²) in [5, 5.41) is 9.42. The summed E-state index contributed by atoms with van der Waals surface area (Å²) < 4.78 is 30.5. The molecule has 7 nitrogen and oxygen atoms in total. The first-order chi connectivity index (χ1) is 12.7. The minimum atomic E-state index is -3.63. The van der Waals surface area contributed by atoms with Crippen LogP contribution in [0.4, 0.5) is 0 Å². The highest BCUT2D eigenvalue weighted by Gasteiger charge is 2.40. The van der Waals surface area contributed by atoms with Gasteiger partial charge in [-0.05, 0) is 38.0 Å². The van der Waals surface area contributed by atoms with Gasteiger partial charge in [0.1, 0.15) is 0 Å². The number of likely N-dealkylation sites (tertiary alicyclic amines) is 1. The summed E-state index contributed by atoms with van der Waals surface area (Å²) in [7, 11) is -3.63. The average Bonchev–Trinajstić information content (AvgIpc) is 3.09. The van der Waals surface area contributed by atoms with Crippen LogP contribution in [0.1, 0.15) is 35.9 Å². The van der Waals surface area contributed by atoms with Gasteiger partial charge < -0.3 is 14.4 Å². The first-order valence-electron chi connectivity index (χ1n) is 8.60. The second-order valence-electron chi connectivity index (χ2n) is 7.04. The van der Waals surface area contributed by atoms with Crippen molar-refractivity contribution in [2.45, 2.75) is 30.4 Å². The quantitative estimate of drug-likeness (QED) is 0.840. The highest BCUT2D eigenvalue weighted by atomic mass is 32.2. The zero-order valence-corrected chi connectivity index (χ0v) is 15.7. The maximum atomic E-state index is 12.9. The van der Waals surface area contributed by atoms with Crippen molar-refractivity contribution in [1.29, 1.82) is 0 Å². The number of piperidine rings is 1. The number of sulfone groups is 1. The minimum absolute atomic E-state index is 0.0517. The molecule has 0 spiro atoms. The number of carboxylic acids is 1. The molecule has 1 aromatic carbocycles. The van der Waals surface area contributed by atoms with Gasteiger partial charge in [0.25, 0.3) is 5.91 Å². The van der Waals surface area contributed by atoms with Gasteiger partial charge in [0, 0.05) is 18.7 Å². The van der Waals surface area contributed by atoms with Gasteiger partial charge in [-0.15, -0.1) is 0 Å². The lowest BCUT2D eigenvalue weighted by Gasteiger charge is -2.37. The van der Waals surface area contributed by atoms with E-state index in [1.54, 1.807) is 25.1 Å². The molecule has 0 aliphatic carbocycles. The molecule has 0 radical (unpaired) electrons. The van der Waals surface area contributed by atoms with Crippen molar-refractivity contribution in [3.05, 3.63) is 54.0 Å². The van der Waals surface area contributed by atoms with Gasteiger partial charge in [0.05, 0.1) is 22.3 Å². The van der Waals surface area contributed by atoms with E-state index in [4.69, 9.17) is 4.42 Å². The standard InChI is InChI=1S/C19H21NO6S/c1-19(18(22)23)9-5-10-20(13-19)17(21)16-14(8-11-26-16)12-27(24,25)15-6-3-2-4-7-15/h2-4,6-8,11H,5,9-10,12-13H2,1H3,(H,22,23). The van der Waals surface area contributed by atoms with Crippen LogP contribution in [0.2, 0.25) is 0 Å². The molecule has 2 aromatic rings. The number of furan rings is 1. The smallest absolute Gasteiger partial charge is 0.311 e. The highest BCUT2D eigenvalue weighted by molar-refractivity contribution is 7.90. The predicted octanol–water partition coefficient (Wildman–Crippen LogP) is 2.58. The number of hydrogen-bond donors (Lipinski definition) is 1. The lowest BCUT2D eigenvalue weighted by molar-refractivity contribution is -0.150. The Bertz CT molecular complexity index is 950. The zero-order valence-electron chi connectivity index (χ0n) is 14.9. The molecular weight excluding hydrogens is 370 g/mol. The summed E-state index contributed by atoms with van der Waals surface area (Å²) >= 11 is 0. The Morgan fingerprint density at radius 1 is 1.22 bits per heavy atom. The lowest BCUT2D eigenvalue weighted by atomic mass is 9.82. The molecule has 1 unspecified atom stereocenters. The Kier molecular flexibility index (Phi) is 5.10. The van der Waals surface area contributed by atoms with Crippen LogP contribution >= 0.6 is 0 Å². The monoisotopic (exact) mass is 391 g/mol. The first kappa shape index (κ1) is 19.2. The maximum Gasteiger partial charge on any atom is 0.311 e. The fourth-order valence-corrected chi connectivity index (χ4v) is 4.66. The number of carbonyl (C=O) groups is 2. The number of benzene rings is 1. The number of carbonyl (C=O) groups excluding carboxylic acids is 1. The fraction of sp³-hybridized carbons (Fsp3) is 0.368. The SMILES string of the molecule is CC1(C(=O)O)CCCN(C(=O)c2occc2CS(=O)(=O)c2ccccc2)C1. The van der Waals surface area contributed by atoms with Crippen LogP contribution in [0.3, 0.4) is 0 Å². The zero-order chi connectivity index (χ0) is 19.7. The third-order valence-corrected chi connectivity index (χ3v) is 6.57. The van der Waals surface area contributed by atoms with Gasteiger partial charge in [-0.2, -0.15) is 0 Å². The van der Waals surface area contributed by atoms with E-state index < -0.39 is 27.1 Å². The normalized spacial score (nSPS) is 20.4. The van der Waals surface area contributed by atoms with Crippen molar-refractivity contribution < 1.29 is 27.5 Å². The topological polar surface area (TPSA) is 105 Å². The third-order valence-electron chi connectivity index (χ3n) is 4.89. The highest BCUT2D eigenvalue weighted by Crippen LogP contribution is 2.31. The number of amides is 1.